The van der Waals surface area contributed by atoms with Crippen molar-refractivity contribution in [3.05, 3.63) is 11.8 Å². The van der Waals surface area contributed by atoms with Gasteiger partial charge in [-0.1, -0.05) is 13.8 Å². The zero-order valence-corrected chi connectivity index (χ0v) is 14.5. The second kappa shape index (κ2) is 7.46. The zero-order valence-electron chi connectivity index (χ0n) is 14.5. The van der Waals surface area contributed by atoms with E-state index >= 15 is 0 Å². The van der Waals surface area contributed by atoms with Crippen molar-refractivity contribution in [3.63, 3.8) is 0 Å². The number of carbonyl (C=O) groups is 3. The third kappa shape index (κ3) is 4.56. The van der Waals surface area contributed by atoms with Crippen LogP contribution in [0.4, 0.5) is 5.82 Å². The normalized spacial score (nSPS) is 20.9. The van der Waals surface area contributed by atoms with Gasteiger partial charge in [-0.2, -0.15) is 5.10 Å². The molecule has 1 aliphatic carbocycles. The highest BCUT2D eigenvalue weighted by Crippen LogP contribution is 2.36. The first-order chi connectivity index (χ1) is 11.3. The fourth-order valence-corrected chi connectivity index (χ4v) is 2.56. The lowest BCUT2D eigenvalue weighted by Crippen LogP contribution is -2.43. The van der Waals surface area contributed by atoms with E-state index in [-0.39, 0.29) is 35.6 Å². The van der Waals surface area contributed by atoms with Crippen LogP contribution in [0, 0.1) is 5.92 Å². The largest absolute Gasteiger partial charge is 0.354 e. The van der Waals surface area contributed by atoms with Crippen LogP contribution in [0.1, 0.15) is 52.1 Å². The van der Waals surface area contributed by atoms with Crippen molar-refractivity contribution in [2.45, 2.75) is 58.5 Å². The van der Waals surface area contributed by atoms with Crippen LogP contribution in [0.2, 0.25) is 0 Å². The molecule has 24 heavy (non-hydrogen) atoms. The number of rotatable bonds is 6. The fourth-order valence-electron chi connectivity index (χ4n) is 2.56. The van der Waals surface area contributed by atoms with Crippen molar-refractivity contribution in [1.82, 2.24) is 20.8 Å². The number of aromatic amines is 1. The smallest absolute Gasteiger partial charge is 0.247 e. The van der Waals surface area contributed by atoms with Gasteiger partial charge in [-0.05, 0) is 19.8 Å². The number of carbonyl (C=O) groups excluding carboxylic acids is 3. The highest BCUT2D eigenvalue weighted by molar-refractivity contribution is 5.96. The highest BCUT2D eigenvalue weighted by Gasteiger charge is 2.32. The van der Waals surface area contributed by atoms with Crippen LogP contribution in [0.5, 0.6) is 0 Å². The summed E-state index contributed by atoms with van der Waals surface area (Å²) < 4.78 is 0. The molecule has 0 spiro atoms. The molecule has 0 saturated heterocycles. The van der Waals surface area contributed by atoms with Crippen molar-refractivity contribution in [3.8, 4) is 0 Å². The summed E-state index contributed by atoms with van der Waals surface area (Å²) in [7, 11) is 0. The summed E-state index contributed by atoms with van der Waals surface area (Å²) in [6.07, 6.45) is 1.69. The molecule has 132 valence electrons. The number of H-pyrrole nitrogens is 1. The van der Waals surface area contributed by atoms with Gasteiger partial charge in [-0.15, -0.1) is 0 Å². The molecular formula is C16H25N5O3. The van der Waals surface area contributed by atoms with E-state index in [4.69, 9.17) is 0 Å². The minimum atomic E-state index is -0.625. The topological polar surface area (TPSA) is 116 Å². The first-order valence-electron chi connectivity index (χ1n) is 8.20. The van der Waals surface area contributed by atoms with Gasteiger partial charge in [0.2, 0.25) is 17.7 Å². The van der Waals surface area contributed by atoms with Crippen molar-refractivity contribution >= 4 is 23.5 Å². The number of hydrogen-bond acceptors (Lipinski definition) is 4. The average Bonchev–Trinajstić information content (AvgIpc) is 2.89. The molecule has 8 nitrogen and oxygen atoms in total. The predicted molar refractivity (Wildman–Crippen MR) is 89.2 cm³/mol. The Morgan fingerprint density at radius 2 is 1.88 bits per heavy atom. The summed E-state index contributed by atoms with van der Waals surface area (Å²) >= 11 is 0. The van der Waals surface area contributed by atoms with Gasteiger partial charge in [0, 0.05) is 30.9 Å². The van der Waals surface area contributed by atoms with E-state index in [2.05, 4.69) is 26.1 Å². The van der Waals surface area contributed by atoms with Gasteiger partial charge in [-0.25, -0.2) is 0 Å². The highest BCUT2D eigenvalue weighted by atomic mass is 16.2. The van der Waals surface area contributed by atoms with Crippen molar-refractivity contribution in [2.75, 3.05) is 5.32 Å². The Bertz CT molecular complexity index is 619. The van der Waals surface area contributed by atoms with Gasteiger partial charge in [0.1, 0.15) is 11.9 Å². The molecule has 1 aromatic rings. The number of amides is 3. The van der Waals surface area contributed by atoms with Crippen LogP contribution in [0.15, 0.2) is 6.07 Å². The maximum Gasteiger partial charge on any atom is 0.247 e. The predicted octanol–water partition coefficient (Wildman–Crippen LogP) is 0.891. The zero-order chi connectivity index (χ0) is 17.9. The first kappa shape index (κ1) is 18.0. The van der Waals surface area contributed by atoms with Gasteiger partial charge in [-0.3, -0.25) is 19.5 Å². The maximum absolute atomic E-state index is 12.1. The monoisotopic (exact) mass is 335 g/mol. The SMILES string of the molecule is CC(=O)NC1CC(c2cc(NC(=O)[C@H](C)NC(=O)C(C)C)[nH]n2)C1. The molecule has 1 fully saturated rings. The molecule has 0 unspecified atom stereocenters. The molecule has 0 bridgehead atoms. The molecule has 4 N–H and O–H groups in total. The van der Waals surface area contributed by atoms with Gasteiger partial charge in [0.15, 0.2) is 0 Å². The minimum Gasteiger partial charge on any atom is -0.354 e. The van der Waals surface area contributed by atoms with E-state index in [0.29, 0.717) is 5.82 Å². The summed E-state index contributed by atoms with van der Waals surface area (Å²) in [6.45, 7) is 6.69. The maximum atomic E-state index is 12.1. The second-order valence-corrected chi connectivity index (χ2v) is 6.65. The van der Waals surface area contributed by atoms with E-state index < -0.39 is 6.04 Å². The van der Waals surface area contributed by atoms with Crippen molar-refractivity contribution in [1.29, 1.82) is 0 Å². The third-order valence-electron chi connectivity index (χ3n) is 4.10. The van der Waals surface area contributed by atoms with E-state index in [1.54, 1.807) is 26.8 Å². The van der Waals surface area contributed by atoms with Gasteiger partial charge < -0.3 is 16.0 Å². The molecule has 0 aromatic carbocycles. The van der Waals surface area contributed by atoms with E-state index in [0.717, 1.165) is 18.5 Å². The minimum absolute atomic E-state index is 0.0223. The van der Waals surface area contributed by atoms with Crippen LogP contribution in [-0.2, 0) is 14.4 Å². The molecule has 1 saturated carbocycles. The molecule has 1 heterocycles. The molecule has 3 amide bonds. The van der Waals surface area contributed by atoms with E-state index in [1.165, 1.54) is 6.92 Å². The van der Waals surface area contributed by atoms with Crippen LogP contribution in [-0.4, -0.2) is 40.0 Å². The average molecular weight is 335 g/mol. The Morgan fingerprint density at radius 1 is 1.21 bits per heavy atom. The fraction of sp³-hybridized carbons (Fsp3) is 0.625. The Hall–Kier alpha value is -2.38. The Labute approximate surface area is 141 Å². The number of hydrogen-bond donors (Lipinski definition) is 4. The Morgan fingerprint density at radius 3 is 2.46 bits per heavy atom. The van der Waals surface area contributed by atoms with Gasteiger partial charge in [0.25, 0.3) is 0 Å². The molecule has 1 aliphatic rings. The summed E-state index contributed by atoms with van der Waals surface area (Å²) in [5, 5.41) is 15.2. The number of anilines is 1. The Balaban J connectivity index is 1.82. The van der Waals surface area contributed by atoms with Crippen LogP contribution >= 0.6 is 0 Å². The van der Waals surface area contributed by atoms with Crippen molar-refractivity contribution in [2.24, 2.45) is 5.92 Å². The molecular weight excluding hydrogens is 310 g/mol. The lowest BCUT2D eigenvalue weighted by molar-refractivity contribution is -0.128. The lowest BCUT2D eigenvalue weighted by atomic mass is 9.78. The van der Waals surface area contributed by atoms with Gasteiger partial charge in [0.05, 0.1) is 5.69 Å². The van der Waals surface area contributed by atoms with Crippen LogP contribution in [0.3, 0.4) is 0 Å². The summed E-state index contributed by atoms with van der Waals surface area (Å²) in [5.74, 6) is 0.121. The van der Waals surface area contributed by atoms with E-state index in [9.17, 15) is 14.4 Å². The third-order valence-corrected chi connectivity index (χ3v) is 4.10. The molecule has 1 atom stereocenters. The number of nitrogens with zero attached hydrogens (tertiary/aromatic N) is 1. The van der Waals surface area contributed by atoms with Crippen LogP contribution < -0.4 is 16.0 Å². The van der Waals surface area contributed by atoms with E-state index in [1.807, 2.05) is 0 Å². The molecule has 8 heteroatoms. The first-order valence-corrected chi connectivity index (χ1v) is 8.20. The lowest BCUT2D eigenvalue weighted by Gasteiger charge is -2.34. The number of nitrogens with one attached hydrogen (secondary N) is 4. The summed E-state index contributed by atoms with van der Waals surface area (Å²) in [4.78, 5) is 34.7. The summed E-state index contributed by atoms with van der Waals surface area (Å²) in [6, 6.07) is 1.37. The van der Waals surface area contributed by atoms with Gasteiger partial charge >= 0.3 is 0 Å². The Kier molecular flexibility index (Phi) is 5.58. The molecule has 0 aliphatic heterocycles. The standard InChI is InChI=1S/C16H25N5O3/c1-8(2)15(23)17-9(3)16(24)19-14-7-13(20-21-14)11-5-12(6-11)18-10(4)22/h7-9,11-12H,5-6H2,1-4H3,(H,17,23)(H,18,22)(H2,19,20,21,24)/t9-,11?,12?/m0/s1. The van der Waals surface area contributed by atoms with Crippen LogP contribution in [0.25, 0.3) is 0 Å². The number of aromatic nitrogens is 2. The second-order valence-electron chi connectivity index (χ2n) is 6.65. The summed E-state index contributed by atoms with van der Waals surface area (Å²) in [5.41, 5.74) is 0.866. The molecule has 1 aromatic heterocycles. The van der Waals surface area contributed by atoms with Crippen molar-refractivity contribution < 1.29 is 14.4 Å². The molecule has 0 radical (unpaired) electrons. The quantitative estimate of drug-likeness (QED) is 0.618. The molecule has 2 rings (SSSR count).